The van der Waals surface area contributed by atoms with Crippen molar-refractivity contribution >= 4 is 5.91 Å². The number of hydrogen-bond acceptors (Lipinski definition) is 3. The molecule has 0 spiro atoms. The summed E-state index contributed by atoms with van der Waals surface area (Å²) in [6.07, 6.45) is 2.30. The minimum atomic E-state index is -0.754. The average Bonchev–Trinajstić information content (AvgIpc) is 2.33. The number of amides is 1. The molecule has 0 saturated carbocycles. The second-order valence-electron chi connectivity index (χ2n) is 4.39. The van der Waals surface area contributed by atoms with Gasteiger partial charge in [-0.3, -0.25) is 4.79 Å². The largest absolute Gasteiger partial charge is 0.380 e. The Labute approximate surface area is 107 Å². The highest BCUT2D eigenvalue weighted by atomic mass is 19.1. The summed E-state index contributed by atoms with van der Waals surface area (Å²) in [7, 11) is 0. The summed E-state index contributed by atoms with van der Waals surface area (Å²) in [5, 5.41) is 2.58. The first kappa shape index (κ1) is 14.6. The van der Waals surface area contributed by atoms with E-state index in [4.69, 9.17) is 4.74 Å². The highest BCUT2D eigenvalue weighted by Gasteiger charge is 2.10. The summed E-state index contributed by atoms with van der Waals surface area (Å²) >= 11 is 0. The number of ether oxygens (including phenoxy) is 1. The molecule has 0 aliphatic heterocycles. The van der Waals surface area contributed by atoms with Crippen LogP contribution in [0.5, 0.6) is 0 Å². The number of carbonyl (C=O) groups is 1. The van der Waals surface area contributed by atoms with Crippen LogP contribution in [0, 0.1) is 11.9 Å². The second kappa shape index (κ2) is 7.76. The standard InChI is InChI=1S/C13H19FN2O2/c1-10(2)5-8-18-9-7-16-13(17)11-4-3-6-15-12(11)14/h3-4,6,10H,5,7-9H2,1-2H3,(H,16,17). The molecule has 0 unspecified atom stereocenters. The molecule has 1 rings (SSSR count). The fourth-order valence-electron chi connectivity index (χ4n) is 1.31. The third-order valence-corrected chi connectivity index (χ3v) is 2.38. The minimum Gasteiger partial charge on any atom is -0.380 e. The van der Waals surface area contributed by atoms with Crippen LogP contribution >= 0.6 is 0 Å². The maximum Gasteiger partial charge on any atom is 0.256 e. The summed E-state index contributed by atoms with van der Waals surface area (Å²) < 4.78 is 18.5. The summed E-state index contributed by atoms with van der Waals surface area (Å²) in [5.41, 5.74) is -0.0420. The van der Waals surface area contributed by atoms with E-state index in [1.165, 1.54) is 18.3 Å². The Kier molecular flexibility index (Phi) is 6.28. The molecule has 1 amide bonds. The fraction of sp³-hybridized carbons (Fsp3) is 0.538. The zero-order valence-corrected chi connectivity index (χ0v) is 10.8. The van der Waals surface area contributed by atoms with Crippen molar-refractivity contribution in [2.75, 3.05) is 19.8 Å². The van der Waals surface area contributed by atoms with Crippen molar-refractivity contribution < 1.29 is 13.9 Å². The predicted molar refractivity (Wildman–Crippen MR) is 66.8 cm³/mol. The average molecular weight is 254 g/mol. The van der Waals surface area contributed by atoms with E-state index in [9.17, 15) is 9.18 Å². The van der Waals surface area contributed by atoms with Crippen molar-refractivity contribution in [3.8, 4) is 0 Å². The van der Waals surface area contributed by atoms with Crippen molar-refractivity contribution in [3.63, 3.8) is 0 Å². The number of aromatic nitrogens is 1. The van der Waals surface area contributed by atoms with Crippen LogP contribution in [-0.2, 0) is 4.74 Å². The Morgan fingerprint density at radius 2 is 2.28 bits per heavy atom. The maximum absolute atomic E-state index is 13.2. The molecular formula is C13H19FN2O2. The molecule has 1 aromatic heterocycles. The van der Waals surface area contributed by atoms with Crippen molar-refractivity contribution in [3.05, 3.63) is 29.8 Å². The first-order valence-electron chi connectivity index (χ1n) is 6.07. The molecule has 0 saturated heterocycles. The van der Waals surface area contributed by atoms with Gasteiger partial charge in [0.2, 0.25) is 5.95 Å². The van der Waals surface area contributed by atoms with Gasteiger partial charge in [-0.15, -0.1) is 0 Å². The van der Waals surface area contributed by atoms with Crippen LogP contribution in [0.15, 0.2) is 18.3 Å². The number of nitrogens with one attached hydrogen (secondary N) is 1. The molecule has 5 heteroatoms. The molecule has 0 radical (unpaired) electrons. The van der Waals surface area contributed by atoms with E-state index in [0.717, 1.165) is 6.42 Å². The van der Waals surface area contributed by atoms with Gasteiger partial charge in [-0.25, -0.2) is 4.98 Å². The Hall–Kier alpha value is -1.49. The monoisotopic (exact) mass is 254 g/mol. The lowest BCUT2D eigenvalue weighted by Gasteiger charge is -2.08. The Bertz CT molecular complexity index is 383. The van der Waals surface area contributed by atoms with Crippen LogP contribution in [0.2, 0.25) is 0 Å². The van der Waals surface area contributed by atoms with E-state index in [2.05, 4.69) is 24.1 Å². The quantitative estimate of drug-likeness (QED) is 0.598. The number of pyridine rings is 1. The van der Waals surface area contributed by atoms with Gasteiger partial charge in [0.1, 0.15) is 0 Å². The highest BCUT2D eigenvalue weighted by molar-refractivity contribution is 5.94. The molecule has 0 bridgehead atoms. The summed E-state index contributed by atoms with van der Waals surface area (Å²) in [6.45, 7) is 5.72. The first-order valence-corrected chi connectivity index (χ1v) is 6.07. The van der Waals surface area contributed by atoms with Gasteiger partial charge >= 0.3 is 0 Å². The van der Waals surface area contributed by atoms with Crippen LogP contribution in [0.4, 0.5) is 4.39 Å². The maximum atomic E-state index is 13.2. The summed E-state index contributed by atoms with van der Waals surface area (Å²) in [6, 6.07) is 2.93. The third kappa shape index (κ3) is 5.23. The number of rotatable bonds is 7. The van der Waals surface area contributed by atoms with Crippen molar-refractivity contribution in [2.45, 2.75) is 20.3 Å². The molecule has 18 heavy (non-hydrogen) atoms. The highest BCUT2D eigenvalue weighted by Crippen LogP contribution is 2.02. The van der Waals surface area contributed by atoms with E-state index in [0.29, 0.717) is 25.7 Å². The van der Waals surface area contributed by atoms with Gasteiger partial charge in [0.15, 0.2) is 0 Å². The molecule has 1 N–H and O–H groups in total. The van der Waals surface area contributed by atoms with Crippen LogP contribution in [0.25, 0.3) is 0 Å². The van der Waals surface area contributed by atoms with Gasteiger partial charge < -0.3 is 10.1 Å². The molecule has 4 nitrogen and oxygen atoms in total. The Morgan fingerprint density at radius 1 is 1.50 bits per heavy atom. The SMILES string of the molecule is CC(C)CCOCCNC(=O)c1cccnc1F. The summed E-state index contributed by atoms with van der Waals surface area (Å²) in [5.74, 6) is -0.618. The zero-order chi connectivity index (χ0) is 13.4. The van der Waals surface area contributed by atoms with Crippen molar-refractivity contribution in [2.24, 2.45) is 5.92 Å². The van der Waals surface area contributed by atoms with Crippen LogP contribution in [-0.4, -0.2) is 30.6 Å². The van der Waals surface area contributed by atoms with E-state index in [1.807, 2.05) is 0 Å². The van der Waals surface area contributed by atoms with Crippen LogP contribution in [0.1, 0.15) is 30.6 Å². The summed E-state index contributed by atoms with van der Waals surface area (Å²) in [4.78, 5) is 15.0. The van der Waals surface area contributed by atoms with Crippen molar-refractivity contribution in [1.29, 1.82) is 0 Å². The smallest absolute Gasteiger partial charge is 0.256 e. The number of carbonyl (C=O) groups excluding carboxylic acids is 1. The predicted octanol–water partition coefficient (Wildman–Crippen LogP) is 2.01. The van der Waals surface area contributed by atoms with E-state index in [1.54, 1.807) is 0 Å². The lowest BCUT2D eigenvalue weighted by Crippen LogP contribution is -2.28. The molecule has 0 aromatic carbocycles. The molecule has 0 aliphatic carbocycles. The topological polar surface area (TPSA) is 51.2 Å². The molecule has 100 valence electrons. The lowest BCUT2D eigenvalue weighted by atomic mass is 10.1. The normalized spacial score (nSPS) is 10.7. The second-order valence-corrected chi connectivity index (χ2v) is 4.39. The van der Waals surface area contributed by atoms with Gasteiger partial charge in [0.05, 0.1) is 12.2 Å². The van der Waals surface area contributed by atoms with Crippen LogP contribution in [0.3, 0.4) is 0 Å². The van der Waals surface area contributed by atoms with Gasteiger partial charge in [-0.2, -0.15) is 4.39 Å². The van der Waals surface area contributed by atoms with Gasteiger partial charge in [-0.05, 0) is 24.5 Å². The van der Waals surface area contributed by atoms with E-state index in [-0.39, 0.29) is 5.56 Å². The molecule has 0 atom stereocenters. The fourth-order valence-corrected chi connectivity index (χ4v) is 1.31. The number of halogens is 1. The molecule has 1 aromatic rings. The third-order valence-electron chi connectivity index (χ3n) is 2.38. The van der Waals surface area contributed by atoms with Gasteiger partial charge in [0, 0.05) is 19.3 Å². The zero-order valence-electron chi connectivity index (χ0n) is 10.8. The Balaban J connectivity index is 2.20. The molecule has 0 fully saturated rings. The number of nitrogens with zero attached hydrogens (tertiary/aromatic N) is 1. The number of hydrogen-bond donors (Lipinski definition) is 1. The van der Waals surface area contributed by atoms with Crippen molar-refractivity contribution in [1.82, 2.24) is 10.3 Å². The van der Waals surface area contributed by atoms with E-state index >= 15 is 0 Å². The van der Waals surface area contributed by atoms with Crippen LogP contribution < -0.4 is 5.32 Å². The van der Waals surface area contributed by atoms with E-state index < -0.39 is 11.9 Å². The molecular weight excluding hydrogens is 235 g/mol. The van der Waals surface area contributed by atoms with Gasteiger partial charge in [0.25, 0.3) is 5.91 Å². The lowest BCUT2D eigenvalue weighted by molar-refractivity contribution is 0.0901. The Morgan fingerprint density at radius 3 is 2.94 bits per heavy atom. The van der Waals surface area contributed by atoms with Gasteiger partial charge in [-0.1, -0.05) is 13.8 Å². The molecule has 0 aliphatic rings. The molecule has 1 heterocycles. The first-order chi connectivity index (χ1) is 8.61. The minimum absolute atomic E-state index is 0.0420.